The van der Waals surface area contributed by atoms with Crippen LogP contribution >= 0.6 is 0 Å². The Balaban J connectivity index is 0.000000249. The van der Waals surface area contributed by atoms with E-state index in [9.17, 15) is 9.90 Å². The fourth-order valence-corrected chi connectivity index (χ4v) is 7.50. The summed E-state index contributed by atoms with van der Waals surface area (Å²) in [4.78, 5) is 22.4. The van der Waals surface area contributed by atoms with E-state index >= 15 is 0 Å². The molecular formula is C40H49IrN2O2-. The number of rotatable bonds is 9. The number of carbonyl (C=O) groups excluding carboxylic acids is 1. The SMILES string of the molecule is CC(C)Cc1cccc2nc3c(nc12)C1(CCCC1)c1cccc2cc[c-]c-3c12.CCC(CC)C(=O)/C=C(\O)C(CC)CC.[Ir]. The van der Waals surface area contributed by atoms with Gasteiger partial charge in [-0.2, -0.15) is 0 Å². The van der Waals surface area contributed by atoms with Crippen LogP contribution in [0, 0.1) is 23.8 Å². The minimum absolute atomic E-state index is 0. The molecule has 6 rings (SSSR count). The quantitative estimate of drug-likeness (QED) is 0.104. The summed E-state index contributed by atoms with van der Waals surface area (Å²) in [6, 6.07) is 21.0. The topological polar surface area (TPSA) is 63.1 Å². The zero-order valence-electron chi connectivity index (χ0n) is 27.9. The number of nitrogens with zero attached hydrogens (tertiary/aromatic N) is 2. The molecule has 2 aliphatic carbocycles. The standard InChI is InChI=1S/C27H25N2.C13H24O2.Ir/c1-17(2)16-19-10-7-13-22-24(19)29-26-25(28-22)20-11-5-8-18-9-6-12-21(23(18)20)27(26)14-3-4-15-27;1-5-10(6-2)12(14)9-13(15)11(7-3)8-4;/h5-10,12-13,17H,3-4,14-16H2,1-2H3;9-11,14H,5-8H2,1-4H3;/q-1;;/b;12-9-;. The minimum atomic E-state index is 0. The van der Waals surface area contributed by atoms with Crippen LogP contribution in [0.15, 0.2) is 60.4 Å². The van der Waals surface area contributed by atoms with Gasteiger partial charge in [0.15, 0.2) is 5.78 Å². The molecule has 1 aromatic heterocycles. The maximum Gasteiger partial charge on any atom is 0.162 e. The first-order chi connectivity index (χ1) is 21.3. The molecule has 0 amide bonds. The van der Waals surface area contributed by atoms with Crippen LogP contribution in [-0.4, -0.2) is 20.9 Å². The predicted octanol–water partition coefficient (Wildman–Crippen LogP) is 10.5. The Labute approximate surface area is 283 Å². The molecule has 241 valence electrons. The van der Waals surface area contributed by atoms with Crippen molar-refractivity contribution in [3.8, 4) is 11.3 Å². The Kier molecular flexibility index (Phi) is 11.8. The van der Waals surface area contributed by atoms with Crippen LogP contribution in [0.1, 0.15) is 110 Å². The Morgan fingerprint density at radius 3 is 2.24 bits per heavy atom. The maximum absolute atomic E-state index is 11.7. The zero-order chi connectivity index (χ0) is 31.4. The zero-order valence-corrected chi connectivity index (χ0v) is 30.3. The molecule has 0 bridgehead atoms. The van der Waals surface area contributed by atoms with E-state index in [-0.39, 0.29) is 48.9 Å². The predicted molar refractivity (Wildman–Crippen MR) is 183 cm³/mol. The van der Waals surface area contributed by atoms with Gasteiger partial charge in [-0.15, -0.1) is 29.1 Å². The number of hydrogen-bond donors (Lipinski definition) is 1. The summed E-state index contributed by atoms with van der Waals surface area (Å²) >= 11 is 0. The van der Waals surface area contributed by atoms with Crippen molar-refractivity contribution in [2.45, 2.75) is 105 Å². The number of fused-ring (bicyclic) bond motifs is 5. The van der Waals surface area contributed by atoms with E-state index in [2.05, 4.69) is 62.4 Å². The first kappa shape index (κ1) is 35.0. The summed E-state index contributed by atoms with van der Waals surface area (Å²) in [6.07, 6.45) is 10.8. The minimum Gasteiger partial charge on any atom is -0.512 e. The first-order valence-electron chi connectivity index (χ1n) is 17.0. The van der Waals surface area contributed by atoms with Crippen LogP contribution in [0.5, 0.6) is 0 Å². The van der Waals surface area contributed by atoms with Crippen molar-refractivity contribution in [1.82, 2.24) is 9.97 Å². The third-order valence-corrected chi connectivity index (χ3v) is 9.99. The van der Waals surface area contributed by atoms with Gasteiger partial charge in [-0.1, -0.05) is 95.7 Å². The summed E-state index contributed by atoms with van der Waals surface area (Å²) in [7, 11) is 0. The molecule has 1 fully saturated rings. The Hall–Kier alpha value is -2.88. The van der Waals surface area contributed by atoms with Gasteiger partial charge in [0.2, 0.25) is 0 Å². The van der Waals surface area contributed by atoms with Crippen LogP contribution in [-0.2, 0) is 36.7 Å². The van der Waals surface area contributed by atoms with Gasteiger partial charge in [-0.3, -0.25) is 14.8 Å². The molecule has 0 atom stereocenters. The smallest absolute Gasteiger partial charge is 0.162 e. The van der Waals surface area contributed by atoms with E-state index in [0.717, 1.165) is 54.4 Å². The molecule has 1 spiro atoms. The molecule has 1 radical (unpaired) electrons. The average molecular weight is 782 g/mol. The Morgan fingerprint density at radius 2 is 1.60 bits per heavy atom. The van der Waals surface area contributed by atoms with Crippen molar-refractivity contribution in [1.29, 1.82) is 0 Å². The molecule has 1 N–H and O–H groups in total. The van der Waals surface area contributed by atoms with Gasteiger partial charge in [0, 0.05) is 54.8 Å². The number of ketones is 1. The van der Waals surface area contributed by atoms with Gasteiger partial charge >= 0.3 is 0 Å². The van der Waals surface area contributed by atoms with Crippen molar-refractivity contribution in [3.63, 3.8) is 0 Å². The molecule has 45 heavy (non-hydrogen) atoms. The van der Waals surface area contributed by atoms with Crippen LogP contribution in [0.25, 0.3) is 33.1 Å². The van der Waals surface area contributed by atoms with E-state index < -0.39 is 0 Å². The number of hydrogen-bond acceptors (Lipinski definition) is 4. The van der Waals surface area contributed by atoms with Gasteiger partial charge in [-0.05, 0) is 62.5 Å². The van der Waals surface area contributed by atoms with Crippen molar-refractivity contribution in [2.75, 3.05) is 0 Å². The number of aliphatic hydroxyl groups is 1. The van der Waals surface area contributed by atoms with Crippen molar-refractivity contribution < 1.29 is 30.0 Å². The number of aliphatic hydroxyl groups excluding tert-OH is 1. The third kappa shape index (κ3) is 6.81. The number of aromatic nitrogens is 2. The molecule has 4 aromatic rings. The molecule has 5 heteroatoms. The maximum atomic E-state index is 11.7. The first-order valence-corrected chi connectivity index (χ1v) is 17.0. The average Bonchev–Trinajstić information content (AvgIpc) is 3.51. The molecule has 0 aliphatic heterocycles. The second-order valence-corrected chi connectivity index (χ2v) is 13.2. The second-order valence-electron chi connectivity index (χ2n) is 13.2. The number of allylic oxidation sites excluding steroid dienone is 2. The van der Waals surface area contributed by atoms with E-state index in [4.69, 9.17) is 9.97 Å². The van der Waals surface area contributed by atoms with Gasteiger partial charge < -0.3 is 5.11 Å². The van der Waals surface area contributed by atoms with Gasteiger partial charge in [0.25, 0.3) is 0 Å². The number of para-hydroxylation sites is 1. The van der Waals surface area contributed by atoms with Crippen molar-refractivity contribution in [3.05, 3.63) is 83.3 Å². The summed E-state index contributed by atoms with van der Waals surface area (Å²) in [5, 5.41) is 12.4. The largest absolute Gasteiger partial charge is 0.512 e. The molecule has 2 aliphatic rings. The van der Waals surface area contributed by atoms with Crippen molar-refractivity contribution >= 4 is 27.6 Å². The number of benzene rings is 3. The molecule has 0 saturated heterocycles. The Morgan fingerprint density at radius 1 is 0.933 bits per heavy atom. The summed E-state index contributed by atoms with van der Waals surface area (Å²) in [6.45, 7) is 12.6. The molecular weight excluding hydrogens is 733 g/mol. The van der Waals surface area contributed by atoms with Crippen LogP contribution in [0.3, 0.4) is 0 Å². The van der Waals surface area contributed by atoms with Crippen molar-refractivity contribution in [2.24, 2.45) is 17.8 Å². The molecule has 1 saturated carbocycles. The molecule has 4 nitrogen and oxygen atoms in total. The van der Waals surface area contributed by atoms with E-state index in [1.54, 1.807) is 0 Å². The monoisotopic (exact) mass is 782 g/mol. The number of carbonyl (C=O) groups is 1. The fraction of sp³-hybridized carbons (Fsp3) is 0.475. The normalized spacial score (nSPS) is 15.0. The van der Waals surface area contributed by atoms with Crippen LogP contribution in [0.4, 0.5) is 0 Å². The van der Waals surface area contributed by atoms with E-state index in [0.29, 0.717) is 5.92 Å². The van der Waals surface area contributed by atoms with Gasteiger partial charge in [0.05, 0.1) is 16.8 Å². The molecule has 1 heterocycles. The summed E-state index contributed by atoms with van der Waals surface area (Å²) < 4.78 is 0. The summed E-state index contributed by atoms with van der Waals surface area (Å²) in [5.41, 5.74) is 8.27. The fourth-order valence-electron chi connectivity index (χ4n) is 7.50. The molecule has 3 aromatic carbocycles. The van der Waals surface area contributed by atoms with Crippen LogP contribution in [0.2, 0.25) is 0 Å². The third-order valence-electron chi connectivity index (χ3n) is 9.99. The van der Waals surface area contributed by atoms with Crippen LogP contribution < -0.4 is 0 Å². The molecule has 0 unspecified atom stereocenters. The van der Waals surface area contributed by atoms with Gasteiger partial charge in [0.1, 0.15) is 0 Å². The van der Waals surface area contributed by atoms with E-state index in [1.807, 2.05) is 33.8 Å². The second kappa shape index (κ2) is 15.1. The Bertz CT molecular complexity index is 1660. The summed E-state index contributed by atoms with van der Waals surface area (Å²) in [5.74, 6) is 1.15. The van der Waals surface area contributed by atoms with E-state index in [1.165, 1.54) is 59.4 Å². The van der Waals surface area contributed by atoms with Gasteiger partial charge in [-0.25, -0.2) is 0 Å².